The summed E-state index contributed by atoms with van der Waals surface area (Å²) in [5.74, 6) is 0. The molecule has 0 atom stereocenters. The van der Waals surface area contributed by atoms with Gasteiger partial charge in [-0.2, -0.15) is 12.7 Å². The average molecular weight is 307 g/mol. The summed E-state index contributed by atoms with van der Waals surface area (Å²) in [7, 11) is -5.83. The summed E-state index contributed by atoms with van der Waals surface area (Å²) in [5, 5.41) is 30.2. The van der Waals surface area contributed by atoms with Gasteiger partial charge in [-0.15, -0.1) is 10.1 Å². The smallest absolute Gasteiger partial charge is 0.257 e. The fourth-order valence-corrected chi connectivity index (χ4v) is 2.45. The Kier molecular flexibility index (Phi) is 3.84. The first-order valence-corrected chi connectivity index (χ1v) is 6.00. The maximum atomic E-state index is 11.6. The lowest BCUT2D eigenvalue weighted by Crippen LogP contribution is -2.51. The van der Waals surface area contributed by atoms with Gasteiger partial charge >= 0.3 is 20.2 Å². The SMILES string of the molecule is O=[N+]([O-])OS(=O)(=O)C(c1ccccc1)([N+](=O)[O-])[N+](=O)[O-]. The number of hydrogen-bond donors (Lipinski definition) is 0. The number of benzene rings is 1. The van der Waals surface area contributed by atoms with Crippen molar-refractivity contribution in [2.24, 2.45) is 0 Å². The van der Waals surface area contributed by atoms with Gasteiger partial charge in [-0.3, -0.25) is 20.2 Å². The lowest BCUT2D eigenvalue weighted by molar-refractivity contribution is -0.786. The Morgan fingerprint density at radius 1 is 0.950 bits per heavy atom. The summed E-state index contributed by atoms with van der Waals surface area (Å²) < 4.78 is 26.4. The predicted molar refractivity (Wildman–Crippen MR) is 59.1 cm³/mol. The molecule has 0 fully saturated rings. The van der Waals surface area contributed by atoms with Crippen molar-refractivity contribution in [2.75, 3.05) is 0 Å². The third-order valence-corrected chi connectivity index (χ3v) is 3.70. The van der Waals surface area contributed by atoms with Crippen LogP contribution in [0.5, 0.6) is 0 Å². The molecule has 0 bridgehead atoms. The molecule has 1 rings (SSSR count). The summed E-state index contributed by atoms with van der Waals surface area (Å²) in [6.45, 7) is 0. The Morgan fingerprint density at radius 2 is 1.40 bits per heavy atom. The highest BCUT2D eigenvalue weighted by Crippen LogP contribution is 2.33. The van der Waals surface area contributed by atoms with Crippen LogP contribution in [0.3, 0.4) is 0 Å². The summed E-state index contributed by atoms with van der Waals surface area (Å²) in [4.78, 5) is 24.5. The van der Waals surface area contributed by atoms with E-state index in [0.29, 0.717) is 0 Å². The van der Waals surface area contributed by atoms with Crippen LogP contribution in [-0.2, 0) is 19.4 Å². The van der Waals surface area contributed by atoms with Gasteiger partial charge in [0, 0.05) is 0 Å². The Labute approximate surface area is 110 Å². The van der Waals surface area contributed by atoms with Gasteiger partial charge in [0.1, 0.15) is 15.4 Å². The second kappa shape index (κ2) is 5.04. The van der Waals surface area contributed by atoms with Crippen LogP contribution in [0.1, 0.15) is 5.56 Å². The van der Waals surface area contributed by atoms with E-state index < -0.39 is 35.6 Å². The van der Waals surface area contributed by atoms with Crippen LogP contribution in [0.2, 0.25) is 0 Å². The van der Waals surface area contributed by atoms with Crippen molar-refractivity contribution in [3.63, 3.8) is 0 Å². The van der Waals surface area contributed by atoms with Gasteiger partial charge in [0.25, 0.3) is 0 Å². The molecule has 0 saturated heterocycles. The zero-order valence-electron chi connectivity index (χ0n) is 9.31. The topological polar surface area (TPSA) is 173 Å². The number of nitrogens with zero attached hydrogens (tertiary/aromatic N) is 3. The van der Waals surface area contributed by atoms with E-state index in [1.807, 2.05) is 0 Å². The Bertz CT molecular complexity index is 641. The molecule has 12 nitrogen and oxygen atoms in total. The Balaban J connectivity index is 3.71. The zero-order chi connectivity index (χ0) is 15.6. The average Bonchev–Trinajstić information content (AvgIpc) is 2.27. The molecule has 0 heterocycles. The first-order valence-electron chi connectivity index (χ1n) is 4.59. The largest absolute Gasteiger partial charge is 0.605 e. The third-order valence-electron chi connectivity index (χ3n) is 2.15. The van der Waals surface area contributed by atoms with Crippen LogP contribution in [0.25, 0.3) is 0 Å². The van der Waals surface area contributed by atoms with Gasteiger partial charge < -0.3 is 0 Å². The molecule has 1 aromatic rings. The van der Waals surface area contributed by atoms with Crippen LogP contribution in [0.15, 0.2) is 30.3 Å². The molecule has 0 aliphatic carbocycles. The molecule has 0 amide bonds. The lowest BCUT2D eigenvalue weighted by Gasteiger charge is -2.15. The van der Waals surface area contributed by atoms with Crippen molar-refractivity contribution < 1.29 is 27.6 Å². The van der Waals surface area contributed by atoms with E-state index in [0.717, 1.165) is 24.3 Å². The molecule has 0 radical (unpaired) electrons. The summed E-state index contributed by atoms with van der Waals surface area (Å²) >= 11 is 0. The van der Waals surface area contributed by atoms with E-state index in [1.165, 1.54) is 6.07 Å². The number of hydrogen-bond acceptors (Lipinski definition) is 9. The molecule has 0 spiro atoms. The molecule has 1 aromatic carbocycles. The highest BCUT2D eigenvalue weighted by atomic mass is 32.2. The minimum atomic E-state index is -5.83. The van der Waals surface area contributed by atoms with Gasteiger partial charge in [0.15, 0.2) is 0 Å². The van der Waals surface area contributed by atoms with Crippen LogP contribution >= 0.6 is 0 Å². The van der Waals surface area contributed by atoms with Crippen molar-refractivity contribution >= 4 is 10.1 Å². The predicted octanol–water partition coefficient (Wildman–Crippen LogP) is -0.112. The zero-order valence-corrected chi connectivity index (χ0v) is 10.1. The molecule has 0 N–H and O–H groups in total. The molecule has 0 aliphatic rings. The van der Waals surface area contributed by atoms with Crippen LogP contribution in [0, 0.1) is 30.3 Å². The first kappa shape index (κ1) is 15.2. The Hall–Kier alpha value is -2.83. The van der Waals surface area contributed by atoms with Crippen molar-refractivity contribution in [1.82, 2.24) is 0 Å². The van der Waals surface area contributed by atoms with E-state index in [4.69, 9.17) is 0 Å². The van der Waals surface area contributed by atoms with E-state index >= 15 is 0 Å². The van der Waals surface area contributed by atoms with Gasteiger partial charge in [0.05, 0.1) is 0 Å². The van der Waals surface area contributed by atoms with Crippen LogP contribution < -0.4 is 0 Å². The molecule has 0 unspecified atom stereocenters. The summed E-state index contributed by atoms with van der Waals surface area (Å²) in [6, 6.07) is 5.05. The normalized spacial score (nSPS) is 11.6. The van der Waals surface area contributed by atoms with E-state index in [-0.39, 0.29) is 0 Å². The molecular weight excluding hydrogens is 302 g/mol. The van der Waals surface area contributed by atoms with Gasteiger partial charge in [-0.1, -0.05) is 18.2 Å². The fourth-order valence-electron chi connectivity index (χ4n) is 1.39. The minimum Gasteiger partial charge on any atom is -0.257 e. The quantitative estimate of drug-likeness (QED) is 0.394. The van der Waals surface area contributed by atoms with Crippen molar-refractivity contribution in [3.8, 4) is 0 Å². The second-order valence-corrected chi connectivity index (χ2v) is 4.87. The molecule has 13 heteroatoms. The van der Waals surface area contributed by atoms with Gasteiger partial charge in [0.2, 0.25) is 0 Å². The van der Waals surface area contributed by atoms with Gasteiger partial charge in [-0.05, 0) is 12.1 Å². The highest BCUT2D eigenvalue weighted by molar-refractivity contribution is 7.87. The van der Waals surface area contributed by atoms with Crippen molar-refractivity contribution in [3.05, 3.63) is 66.2 Å². The monoisotopic (exact) mass is 307 g/mol. The van der Waals surface area contributed by atoms with Gasteiger partial charge in [-0.25, -0.2) is 0 Å². The van der Waals surface area contributed by atoms with E-state index in [2.05, 4.69) is 4.28 Å². The van der Waals surface area contributed by atoms with E-state index in [9.17, 15) is 38.8 Å². The molecule has 0 aromatic heterocycles. The first-order chi connectivity index (χ1) is 9.16. The summed E-state index contributed by atoms with van der Waals surface area (Å²) in [5.41, 5.74) is -0.906. The molecule has 0 saturated carbocycles. The van der Waals surface area contributed by atoms with Crippen LogP contribution in [0.4, 0.5) is 0 Å². The lowest BCUT2D eigenvalue weighted by atomic mass is 10.2. The second-order valence-electron chi connectivity index (χ2n) is 3.24. The van der Waals surface area contributed by atoms with Crippen molar-refractivity contribution in [1.29, 1.82) is 0 Å². The standard InChI is InChI=1S/C7H5N3O9S/c11-8(12)7(9(13)14,6-4-2-1-3-5-6)20(17,18)19-10(15)16/h1-5H. The maximum Gasteiger partial charge on any atom is 0.605 e. The molecule has 0 aliphatic heterocycles. The molecule has 108 valence electrons. The Morgan fingerprint density at radius 3 is 1.75 bits per heavy atom. The highest BCUT2D eigenvalue weighted by Gasteiger charge is 2.72. The summed E-state index contributed by atoms with van der Waals surface area (Å²) in [6.07, 6.45) is 0. The number of nitro groups is 2. The van der Waals surface area contributed by atoms with Crippen molar-refractivity contribution in [2.45, 2.75) is 4.99 Å². The fraction of sp³-hybridized carbons (Fsp3) is 0.143. The third kappa shape index (κ3) is 2.20. The molecule has 20 heavy (non-hydrogen) atoms. The minimum absolute atomic E-state index is 0.770. The maximum absolute atomic E-state index is 11.6. The van der Waals surface area contributed by atoms with E-state index in [1.54, 1.807) is 0 Å². The van der Waals surface area contributed by atoms with Crippen LogP contribution in [-0.4, -0.2) is 23.4 Å². The number of rotatable bonds is 6. The molecular formula is C7H5N3O9S.